The summed E-state index contributed by atoms with van der Waals surface area (Å²) in [6.45, 7) is 7.06. The first kappa shape index (κ1) is 10.4. The maximum atomic E-state index is 11.7. The topological polar surface area (TPSA) is 62.7 Å². The molecule has 2 heterocycles. The van der Waals surface area contributed by atoms with Gasteiger partial charge in [0.05, 0.1) is 6.04 Å². The van der Waals surface area contributed by atoms with Crippen LogP contribution in [0, 0.1) is 0 Å². The van der Waals surface area contributed by atoms with E-state index in [4.69, 9.17) is 0 Å². The van der Waals surface area contributed by atoms with Gasteiger partial charge in [-0.05, 0) is 40.2 Å². The van der Waals surface area contributed by atoms with Crippen LogP contribution in [0.4, 0.5) is 0 Å². The molecule has 5 nitrogen and oxygen atoms in total. The van der Waals surface area contributed by atoms with E-state index >= 15 is 0 Å². The summed E-state index contributed by atoms with van der Waals surface area (Å²) in [5.74, 6) is 0.838. The first-order valence-electron chi connectivity index (χ1n) is 5.41. The molecule has 0 radical (unpaired) electrons. The Kier molecular flexibility index (Phi) is 2.42. The van der Waals surface area contributed by atoms with Crippen molar-refractivity contribution in [3.63, 3.8) is 0 Å². The molecule has 1 atom stereocenters. The van der Waals surface area contributed by atoms with Crippen LogP contribution in [0.3, 0.4) is 0 Å². The maximum Gasteiger partial charge on any atom is 0.343 e. The number of rotatable bonds is 1. The molecule has 5 heteroatoms. The van der Waals surface area contributed by atoms with Crippen molar-refractivity contribution in [2.45, 2.75) is 45.2 Å². The lowest BCUT2D eigenvalue weighted by molar-refractivity contribution is 0.357. The SMILES string of the molecule is CC(C)(C)n1c(C2CCCN2)n[nH]c1=O. The number of hydrogen-bond donors (Lipinski definition) is 2. The monoisotopic (exact) mass is 210 g/mol. The Morgan fingerprint density at radius 1 is 1.47 bits per heavy atom. The van der Waals surface area contributed by atoms with Gasteiger partial charge in [-0.25, -0.2) is 9.89 Å². The van der Waals surface area contributed by atoms with Crippen LogP contribution >= 0.6 is 0 Å². The summed E-state index contributed by atoms with van der Waals surface area (Å²) in [7, 11) is 0. The van der Waals surface area contributed by atoms with Crippen molar-refractivity contribution < 1.29 is 0 Å². The van der Waals surface area contributed by atoms with Gasteiger partial charge in [-0.2, -0.15) is 5.10 Å². The zero-order chi connectivity index (χ0) is 11.1. The molecular formula is C10H18N4O. The van der Waals surface area contributed by atoms with Crippen LogP contribution in [-0.2, 0) is 5.54 Å². The predicted octanol–water partition coefficient (Wildman–Crippen LogP) is 0.751. The zero-order valence-corrected chi connectivity index (χ0v) is 9.50. The third kappa shape index (κ3) is 1.84. The van der Waals surface area contributed by atoms with Crippen LogP contribution in [0.25, 0.3) is 0 Å². The Morgan fingerprint density at radius 3 is 2.73 bits per heavy atom. The van der Waals surface area contributed by atoms with Crippen LogP contribution in [0.15, 0.2) is 4.79 Å². The second-order valence-electron chi connectivity index (χ2n) is 5.04. The molecule has 1 aromatic rings. The molecule has 0 amide bonds. The fraction of sp³-hybridized carbons (Fsp3) is 0.800. The maximum absolute atomic E-state index is 11.7. The van der Waals surface area contributed by atoms with Gasteiger partial charge in [-0.3, -0.25) is 4.57 Å². The number of hydrogen-bond acceptors (Lipinski definition) is 3. The number of aromatic amines is 1. The second-order valence-corrected chi connectivity index (χ2v) is 5.04. The second kappa shape index (κ2) is 3.48. The van der Waals surface area contributed by atoms with Crippen molar-refractivity contribution in [1.82, 2.24) is 20.1 Å². The van der Waals surface area contributed by atoms with E-state index in [1.54, 1.807) is 4.57 Å². The number of nitrogens with one attached hydrogen (secondary N) is 2. The first-order valence-corrected chi connectivity index (χ1v) is 5.41. The van der Waals surface area contributed by atoms with E-state index in [9.17, 15) is 4.79 Å². The molecule has 1 aromatic heterocycles. The van der Waals surface area contributed by atoms with Gasteiger partial charge in [-0.15, -0.1) is 0 Å². The van der Waals surface area contributed by atoms with Gasteiger partial charge in [0.15, 0.2) is 5.82 Å². The van der Waals surface area contributed by atoms with Gasteiger partial charge in [-0.1, -0.05) is 0 Å². The van der Waals surface area contributed by atoms with E-state index in [2.05, 4.69) is 15.5 Å². The fourth-order valence-corrected chi connectivity index (χ4v) is 2.10. The average Bonchev–Trinajstić information content (AvgIpc) is 2.68. The highest BCUT2D eigenvalue weighted by Gasteiger charge is 2.27. The Labute approximate surface area is 88.9 Å². The van der Waals surface area contributed by atoms with Gasteiger partial charge in [0, 0.05) is 5.54 Å². The summed E-state index contributed by atoms with van der Waals surface area (Å²) in [5.41, 5.74) is -0.338. The summed E-state index contributed by atoms with van der Waals surface area (Å²) in [6.07, 6.45) is 2.20. The molecule has 0 aliphatic carbocycles. The Balaban J connectivity index is 2.43. The molecular weight excluding hydrogens is 192 g/mol. The standard InChI is InChI=1S/C10H18N4O/c1-10(2,3)14-8(12-13-9(14)15)7-5-4-6-11-7/h7,11H,4-6H2,1-3H3,(H,13,15). The summed E-state index contributed by atoms with van der Waals surface area (Å²) in [5, 5.41) is 10.0. The van der Waals surface area contributed by atoms with E-state index in [1.807, 2.05) is 20.8 Å². The summed E-state index contributed by atoms with van der Waals surface area (Å²) in [6, 6.07) is 0.225. The Bertz CT molecular complexity index is 392. The van der Waals surface area contributed by atoms with E-state index in [-0.39, 0.29) is 17.3 Å². The molecule has 1 fully saturated rings. The van der Waals surface area contributed by atoms with E-state index in [1.165, 1.54) is 0 Å². The predicted molar refractivity (Wildman–Crippen MR) is 57.8 cm³/mol. The molecule has 0 saturated carbocycles. The van der Waals surface area contributed by atoms with Crippen molar-refractivity contribution in [3.8, 4) is 0 Å². The number of nitrogens with zero attached hydrogens (tertiary/aromatic N) is 2. The molecule has 1 aliphatic rings. The Hall–Kier alpha value is -1.10. The van der Waals surface area contributed by atoms with Crippen LogP contribution in [0.5, 0.6) is 0 Å². The summed E-state index contributed by atoms with van der Waals surface area (Å²) >= 11 is 0. The van der Waals surface area contributed by atoms with Crippen LogP contribution in [-0.4, -0.2) is 21.3 Å². The summed E-state index contributed by atoms with van der Waals surface area (Å²) < 4.78 is 1.75. The third-order valence-electron chi connectivity index (χ3n) is 2.74. The largest absolute Gasteiger partial charge is 0.343 e. The minimum absolute atomic E-state index is 0.119. The van der Waals surface area contributed by atoms with Crippen LogP contribution in [0.2, 0.25) is 0 Å². The summed E-state index contributed by atoms with van der Waals surface area (Å²) in [4.78, 5) is 11.7. The van der Waals surface area contributed by atoms with Gasteiger partial charge in [0.2, 0.25) is 0 Å². The van der Waals surface area contributed by atoms with Crippen molar-refractivity contribution in [2.24, 2.45) is 0 Å². The molecule has 0 spiro atoms. The highest BCUT2D eigenvalue weighted by molar-refractivity contribution is 5.01. The minimum atomic E-state index is -0.219. The van der Waals surface area contributed by atoms with E-state index < -0.39 is 0 Å². The van der Waals surface area contributed by atoms with Crippen molar-refractivity contribution in [1.29, 1.82) is 0 Å². The molecule has 0 bridgehead atoms. The van der Waals surface area contributed by atoms with Gasteiger partial charge >= 0.3 is 5.69 Å². The molecule has 84 valence electrons. The van der Waals surface area contributed by atoms with Crippen molar-refractivity contribution >= 4 is 0 Å². The van der Waals surface area contributed by atoms with Crippen molar-refractivity contribution in [2.75, 3.05) is 6.54 Å². The molecule has 1 saturated heterocycles. The average molecular weight is 210 g/mol. The quantitative estimate of drug-likeness (QED) is 0.719. The molecule has 2 rings (SSSR count). The molecule has 1 unspecified atom stereocenters. The van der Waals surface area contributed by atoms with Crippen molar-refractivity contribution in [3.05, 3.63) is 16.3 Å². The lowest BCUT2D eigenvalue weighted by Crippen LogP contribution is -2.35. The Morgan fingerprint density at radius 2 is 2.20 bits per heavy atom. The number of aromatic nitrogens is 3. The number of H-pyrrole nitrogens is 1. The van der Waals surface area contributed by atoms with Gasteiger partial charge in [0.25, 0.3) is 0 Å². The fourth-order valence-electron chi connectivity index (χ4n) is 2.10. The van der Waals surface area contributed by atoms with Gasteiger partial charge < -0.3 is 5.32 Å². The van der Waals surface area contributed by atoms with Crippen LogP contribution < -0.4 is 11.0 Å². The molecule has 1 aliphatic heterocycles. The highest BCUT2D eigenvalue weighted by Crippen LogP contribution is 2.23. The van der Waals surface area contributed by atoms with E-state index in [0.717, 1.165) is 25.2 Å². The normalized spacial score (nSPS) is 22.2. The first-order chi connectivity index (χ1) is 7.00. The highest BCUT2D eigenvalue weighted by atomic mass is 16.1. The van der Waals surface area contributed by atoms with E-state index in [0.29, 0.717) is 0 Å². The lowest BCUT2D eigenvalue weighted by atomic mass is 10.1. The minimum Gasteiger partial charge on any atom is -0.307 e. The zero-order valence-electron chi connectivity index (χ0n) is 9.50. The van der Waals surface area contributed by atoms with Crippen LogP contribution in [0.1, 0.15) is 45.5 Å². The van der Waals surface area contributed by atoms with Gasteiger partial charge in [0.1, 0.15) is 0 Å². The smallest absolute Gasteiger partial charge is 0.307 e. The molecule has 2 N–H and O–H groups in total. The lowest BCUT2D eigenvalue weighted by Gasteiger charge is -2.23. The molecule has 15 heavy (non-hydrogen) atoms. The third-order valence-corrected chi connectivity index (χ3v) is 2.74. The molecule has 0 aromatic carbocycles.